The Hall–Kier alpha value is -1.59. The highest BCUT2D eigenvalue weighted by Gasteiger charge is 2.24. The Labute approximate surface area is 142 Å². The molecule has 0 aliphatic carbocycles. The average Bonchev–Trinajstić information content (AvgIpc) is 3.15. The molecule has 1 atom stereocenters. The molecule has 23 heavy (non-hydrogen) atoms. The van der Waals surface area contributed by atoms with E-state index in [9.17, 15) is 4.79 Å². The number of thiophene rings is 1. The minimum atomic E-state index is 0.0361. The third-order valence-corrected chi connectivity index (χ3v) is 5.48. The number of carbonyl (C=O) groups excluding carboxylic acids is 1. The molecule has 5 heteroatoms. The topological polar surface area (TPSA) is 37.3 Å². The van der Waals surface area contributed by atoms with Gasteiger partial charge in [0.2, 0.25) is 0 Å². The van der Waals surface area contributed by atoms with E-state index < -0.39 is 0 Å². The van der Waals surface area contributed by atoms with Crippen molar-refractivity contribution in [3.8, 4) is 0 Å². The summed E-state index contributed by atoms with van der Waals surface area (Å²) in [5.74, 6) is 0.0361. The van der Waals surface area contributed by atoms with Crippen molar-refractivity contribution in [1.29, 1.82) is 0 Å². The van der Waals surface area contributed by atoms with Crippen molar-refractivity contribution in [3.63, 3.8) is 0 Å². The summed E-state index contributed by atoms with van der Waals surface area (Å²) < 4.78 is 2.17. The molecule has 0 spiro atoms. The van der Waals surface area contributed by atoms with Crippen LogP contribution in [0.2, 0.25) is 0 Å². The highest BCUT2D eigenvalue weighted by atomic mass is 32.1. The number of amides is 1. The van der Waals surface area contributed by atoms with Gasteiger partial charge in [-0.1, -0.05) is 18.9 Å². The fourth-order valence-corrected chi connectivity index (χ4v) is 3.97. The lowest BCUT2D eigenvalue weighted by atomic mass is 10.1. The molecule has 0 aromatic carbocycles. The number of aromatic nitrogens is 1. The third-order valence-electron chi connectivity index (χ3n) is 4.61. The molecular weight excluding hydrogens is 306 g/mol. The van der Waals surface area contributed by atoms with Crippen LogP contribution in [-0.2, 0) is 7.05 Å². The first-order valence-corrected chi connectivity index (χ1v) is 9.30. The minimum absolute atomic E-state index is 0.0361. The van der Waals surface area contributed by atoms with Gasteiger partial charge in [0.25, 0.3) is 5.91 Å². The molecule has 3 rings (SSSR count). The van der Waals surface area contributed by atoms with Gasteiger partial charge in [-0.2, -0.15) is 0 Å². The zero-order valence-electron chi connectivity index (χ0n) is 13.7. The predicted octanol–water partition coefficient (Wildman–Crippen LogP) is 3.43. The van der Waals surface area contributed by atoms with Crippen molar-refractivity contribution in [2.24, 2.45) is 7.05 Å². The van der Waals surface area contributed by atoms with Crippen molar-refractivity contribution < 1.29 is 4.79 Å². The zero-order chi connectivity index (χ0) is 16.1. The largest absolute Gasteiger partial charge is 0.353 e. The number of rotatable bonds is 5. The highest BCUT2D eigenvalue weighted by molar-refractivity contribution is 7.12. The summed E-state index contributed by atoms with van der Waals surface area (Å²) in [4.78, 5) is 15.6. The Morgan fingerprint density at radius 2 is 2.00 bits per heavy atom. The van der Waals surface area contributed by atoms with E-state index in [1.54, 1.807) is 0 Å². The fourth-order valence-electron chi connectivity index (χ4n) is 3.33. The molecular formula is C18H25N3OS. The summed E-state index contributed by atoms with van der Waals surface area (Å²) in [6, 6.07) is 8.30. The van der Waals surface area contributed by atoms with Crippen LogP contribution in [0, 0.1) is 0 Å². The second-order valence-electron chi connectivity index (χ2n) is 6.20. The Balaban J connectivity index is 1.72. The minimum Gasteiger partial charge on any atom is -0.353 e. The monoisotopic (exact) mass is 331 g/mol. The Kier molecular flexibility index (Phi) is 5.51. The van der Waals surface area contributed by atoms with E-state index in [0.717, 1.165) is 18.0 Å². The van der Waals surface area contributed by atoms with Crippen LogP contribution in [0.3, 0.4) is 0 Å². The van der Waals surface area contributed by atoms with Crippen LogP contribution in [0.15, 0.2) is 35.8 Å². The van der Waals surface area contributed by atoms with E-state index >= 15 is 0 Å². The molecule has 3 heterocycles. The molecule has 1 N–H and O–H groups in total. The van der Waals surface area contributed by atoms with E-state index in [1.807, 2.05) is 17.5 Å². The lowest BCUT2D eigenvalue weighted by Crippen LogP contribution is -2.39. The fraction of sp³-hybridized carbons (Fsp3) is 0.500. The molecule has 0 saturated carbocycles. The summed E-state index contributed by atoms with van der Waals surface area (Å²) in [6.45, 7) is 2.89. The summed E-state index contributed by atoms with van der Waals surface area (Å²) in [6.07, 6.45) is 7.22. The van der Waals surface area contributed by atoms with E-state index in [-0.39, 0.29) is 11.9 Å². The molecule has 0 radical (unpaired) electrons. The number of nitrogens with one attached hydrogen (secondary N) is 1. The molecule has 1 fully saturated rings. The molecule has 1 amide bonds. The number of nitrogens with zero attached hydrogens (tertiary/aromatic N) is 2. The number of likely N-dealkylation sites (tertiary alicyclic amines) is 1. The normalized spacial score (nSPS) is 17.6. The van der Waals surface area contributed by atoms with Crippen molar-refractivity contribution in [2.45, 2.75) is 31.7 Å². The summed E-state index contributed by atoms with van der Waals surface area (Å²) in [5, 5.41) is 5.08. The van der Waals surface area contributed by atoms with Crippen LogP contribution >= 0.6 is 11.3 Å². The van der Waals surface area contributed by atoms with Gasteiger partial charge in [0, 0.05) is 25.5 Å². The van der Waals surface area contributed by atoms with Crippen molar-refractivity contribution in [2.75, 3.05) is 19.6 Å². The van der Waals surface area contributed by atoms with Gasteiger partial charge in [-0.05, 0) is 49.5 Å². The molecule has 1 aliphatic heterocycles. The maximum atomic E-state index is 12.3. The molecule has 0 unspecified atom stereocenters. The number of hydrogen-bond donors (Lipinski definition) is 1. The van der Waals surface area contributed by atoms with Crippen LogP contribution in [0.1, 0.15) is 47.1 Å². The van der Waals surface area contributed by atoms with E-state index in [2.05, 4.69) is 40.2 Å². The van der Waals surface area contributed by atoms with Gasteiger partial charge in [0.15, 0.2) is 0 Å². The smallest absolute Gasteiger partial charge is 0.261 e. The summed E-state index contributed by atoms with van der Waals surface area (Å²) in [5.41, 5.74) is 1.28. The first-order chi connectivity index (χ1) is 11.3. The second-order valence-corrected chi connectivity index (χ2v) is 7.14. The first-order valence-electron chi connectivity index (χ1n) is 8.42. The molecule has 124 valence electrons. The average molecular weight is 331 g/mol. The van der Waals surface area contributed by atoms with Crippen molar-refractivity contribution >= 4 is 17.2 Å². The van der Waals surface area contributed by atoms with Gasteiger partial charge < -0.3 is 9.88 Å². The van der Waals surface area contributed by atoms with Gasteiger partial charge in [0.1, 0.15) is 0 Å². The molecule has 4 nitrogen and oxygen atoms in total. The molecule has 1 aliphatic rings. The predicted molar refractivity (Wildman–Crippen MR) is 94.8 cm³/mol. The first kappa shape index (κ1) is 16.3. The van der Waals surface area contributed by atoms with E-state index in [0.29, 0.717) is 6.54 Å². The van der Waals surface area contributed by atoms with E-state index in [4.69, 9.17) is 0 Å². The van der Waals surface area contributed by atoms with Crippen molar-refractivity contribution in [3.05, 3.63) is 46.4 Å². The quantitative estimate of drug-likeness (QED) is 0.911. The maximum absolute atomic E-state index is 12.3. The Morgan fingerprint density at radius 1 is 1.22 bits per heavy atom. The van der Waals surface area contributed by atoms with Crippen molar-refractivity contribution in [1.82, 2.24) is 14.8 Å². The second kappa shape index (κ2) is 7.79. The van der Waals surface area contributed by atoms with Gasteiger partial charge in [-0.25, -0.2) is 0 Å². The standard InChI is InChI=1S/C18H25N3OS/c1-20-10-6-8-15(20)16(21-11-4-2-3-5-12-21)14-19-18(22)17-9-7-13-23-17/h6-10,13,16H,2-5,11-12,14H2,1H3,(H,19,22)/t16-/m0/s1. The molecule has 1 saturated heterocycles. The van der Waals surface area contributed by atoms with E-state index in [1.165, 1.54) is 42.7 Å². The molecule has 0 bridgehead atoms. The van der Waals surface area contributed by atoms with Crippen LogP contribution in [0.25, 0.3) is 0 Å². The lowest BCUT2D eigenvalue weighted by molar-refractivity contribution is 0.0935. The summed E-state index contributed by atoms with van der Waals surface area (Å²) >= 11 is 1.49. The Morgan fingerprint density at radius 3 is 2.61 bits per heavy atom. The number of carbonyl (C=O) groups is 1. The molecule has 2 aromatic rings. The molecule has 2 aromatic heterocycles. The number of aryl methyl sites for hydroxylation is 1. The Bertz CT molecular complexity index is 612. The SMILES string of the molecule is Cn1cccc1[C@H](CNC(=O)c1cccs1)N1CCCCCC1. The van der Waals surface area contributed by atoms with Gasteiger partial charge >= 0.3 is 0 Å². The van der Waals surface area contributed by atoms with Gasteiger partial charge in [-0.15, -0.1) is 11.3 Å². The third kappa shape index (κ3) is 4.03. The van der Waals surface area contributed by atoms with Crippen LogP contribution < -0.4 is 5.32 Å². The van der Waals surface area contributed by atoms with Crippen LogP contribution in [0.5, 0.6) is 0 Å². The number of hydrogen-bond acceptors (Lipinski definition) is 3. The van der Waals surface area contributed by atoms with Crippen LogP contribution in [0.4, 0.5) is 0 Å². The van der Waals surface area contributed by atoms with Gasteiger partial charge in [0.05, 0.1) is 10.9 Å². The van der Waals surface area contributed by atoms with Crippen LogP contribution in [-0.4, -0.2) is 35.0 Å². The zero-order valence-corrected chi connectivity index (χ0v) is 14.5. The van der Waals surface area contributed by atoms with Gasteiger partial charge in [-0.3, -0.25) is 9.69 Å². The maximum Gasteiger partial charge on any atom is 0.261 e. The summed E-state index contributed by atoms with van der Waals surface area (Å²) in [7, 11) is 2.08. The lowest BCUT2D eigenvalue weighted by Gasteiger charge is -2.31. The highest BCUT2D eigenvalue weighted by Crippen LogP contribution is 2.24.